The minimum absolute atomic E-state index is 0.0713. The molecule has 0 aliphatic rings. The Bertz CT molecular complexity index is 692. The van der Waals surface area contributed by atoms with Gasteiger partial charge in [0.25, 0.3) is 0 Å². The predicted octanol–water partition coefficient (Wildman–Crippen LogP) is 4.00. The third kappa shape index (κ3) is 4.13. The molecule has 0 fully saturated rings. The zero-order valence-electron chi connectivity index (χ0n) is 13.8. The largest absolute Gasteiger partial charge is 0.497 e. The smallest absolute Gasteiger partial charge is 0.189 e. The van der Waals surface area contributed by atoms with Crippen LogP contribution in [0.4, 0.5) is 0 Å². The van der Waals surface area contributed by atoms with E-state index in [4.69, 9.17) is 14.2 Å². The summed E-state index contributed by atoms with van der Waals surface area (Å²) >= 11 is 0. The van der Waals surface area contributed by atoms with Gasteiger partial charge in [0, 0.05) is 11.6 Å². The number of allylic oxidation sites excluding steroid dienone is 1. The van der Waals surface area contributed by atoms with E-state index < -0.39 is 0 Å². The maximum atomic E-state index is 12.6. The van der Waals surface area contributed by atoms with Crippen LogP contribution >= 0.6 is 0 Å². The summed E-state index contributed by atoms with van der Waals surface area (Å²) < 4.78 is 15.5. The Morgan fingerprint density at radius 3 is 1.83 bits per heavy atom. The van der Waals surface area contributed by atoms with E-state index in [1.165, 1.54) is 0 Å². The van der Waals surface area contributed by atoms with Gasteiger partial charge in [0.15, 0.2) is 5.78 Å². The topological polar surface area (TPSA) is 44.8 Å². The van der Waals surface area contributed by atoms with Crippen molar-refractivity contribution in [2.75, 3.05) is 21.3 Å². The van der Waals surface area contributed by atoms with Crippen molar-refractivity contribution in [2.24, 2.45) is 0 Å². The molecule has 0 amide bonds. The van der Waals surface area contributed by atoms with Crippen molar-refractivity contribution in [3.63, 3.8) is 0 Å². The highest BCUT2D eigenvalue weighted by atomic mass is 16.5. The Labute approximate surface area is 136 Å². The van der Waals surface area contributed by atoms with Gasteiger partial charge >= 0.3 is 0 Å². The van der Waals surface area contributed by atoms with E-state index in [1.54, 1.807) is 46.5 Å². The van der Waals surface area contributed by atoms with Crippen LogP contribution in [0.1, 0.15) is 22.8 Å². The van der Waals surface area contributed by atoms with Crippen molar-refractivity contribution in [3.8, 4) is 17.2 Å². The van der Waals surface area contributed by atoms with Gasteiger partial charge in [-0.15, -0.1) is 0 Å². The van der Waals surface area contributed by atoms with Crippen molar-refractivity contribution in [1.82, 2.24) is 0 Å². The number of hydrogen-bond donors (Lipinski definition) is 0. The second-order valence-electron chi connectivity index (χ2n) is 5.03. The van der Waals surface area contributed by atoms with Gasteiger partial charge in [-0.3, -0.25) is 4.79 Å². The average molecular weight is 312 g/mol. The van der Waals surface area contributed by atoms with Crippen LogP contribution in [0.3, 0.4) is 0 Å². The van der Waals surface area contributed by atoms with Gasteiger partial charge in [0.2, 0.25) is 0 Å². The first kappa shape index (κ1) is 16.6. The van der Waals surface area contributed by atoms with Crippen LogP contribution in [-0.2, 0) is 0 Å². The minimum atomic E-state index is -0.0713. The molecule has 0 saturated carbocycles. The van der Waals surface area contributed by atoms with Crippen molar-refractivity contribution in [1.29, 1.82) is 0 Å². The second kappa shape index (κ2) is 7.49. The molecule has 0 aromatic heterocycles. The molecule has 0 saturated heterocycles. The Kier molecular flexibility index (Phi) is 5.41. The SMILES string of the molecule is COc1ccc(C=C(C)C(=O)c2cc(OC)cc(OC)c2)cc1. The lowest BCUT2D eigenvalue weighted by Gasteiger charge is -2.08. The molecule has 0 heterocycles. The molecule has 120 valence electrons. The van der Waals surface area contributed by atoms with Crippen molar-refractivity contribution in [3.05, 3.63) is 59.2 Å². The molecule has 0 aliphatic heterocycles. The van der Waals surface area contributed by atoms with E-state index in [2.05, 4.69) is 0 Å². The van der Waals surface area contributed by atoms with Crippen LogP contribution in [0.25, 0.3) is 6.08 Å². The van der Waals surface area contributed by atoms with E-state index >= 15 is 0 Å². The lowest BCUT2D eigenvalue weighted by molar-refractivity contribution is 0.103. The summed E-state index contributed by atoms with van der Waals surface area (Å²) in [7, 11) is 4.74. The van der Waals surface area contributed by atoms with Gasteiger partial charge in [-0.1, -0.05) is 12.1 Å². The van der Waals surface area contributed by atoms with Gasteiger partial charge in [0.1, 0.15) is 17.2 Å². The van der Waals surface area contributed by atoms with Gasteiger partial charge in [-0.2, -0.15) is 0 Å². The molecule has 4 nitrogen and oxygen atoms in total. The highest BCUT2D eigenvalue weighted by Crippen LogP contribution is 2.25. The molecule has 0 N–H and O–H groups in total. The molecular formula is C19H20O4. The Morgan fingerprint density at radius 1 is 0.826 bits per heavy atom. The first-order valence-corrected chi connectivity index (χ1v) is 7.17. The summed E-state index contributed by atoms with van der Waals surface area (Å²) in [6.07, 6.45) is 1.84. The zero-order chi connectivity index (χ0) is 16.8. The van der Waals surface area contributed by atoms with E-state index in [-0.39, 0.29) is 5.78 Å². The van der Waals surface area contributed by atoms with Gasteiger partial charge in [-0.05, 0) is 48.4 Å². The van der Waals surface area contributed by atoms with Crippen LogP contribution in [0.5, 0.6) is 17.2 Å². The van der Waals surface area contributed by atoms with Crippen LogP contribution in [0.2, 0.25) is 0 Å². The summed E-state index contributed by atoms with van der Waals surface area (Å²) in [6.45, 7) is 1.79. The Morgan fingerprint density at radius 2 is 1.35 bits per heavy atom. The number of carbonyl (C=O) groups excluding carboxylic acids is 1. The number of carbonyl (C=O) groups is 1. The number of hydrogen-bond acceptors (Lipinski definition) is 4. The molecule has 0 unspecified atom stereocenters. The summed E-state index contributed by atoms with van der Waals surface area (Å²) in [5.74, 6) is 1.89. The summed E-state index contributed by atoms with van der Waals surface area (Å²) in [6, 6.07) is 12.7. The molecule has 0 bridgehead atoms. The minimum Gasteiger partial charge on any atom is -0.497 e. The van der Waals surface area contributed by atoms with Crippen LogP contribution < -0.4 is 14.2 Å². The van der Waals surface area contributed by atoms with Crippen LogP contribution in [0.15, 0.2) is 48.0 Å². The number of rotatable bonds is 6. The first-order valence-electron chi connectivity index (χ1n) is 7.17. The summed E-state index contributed by atoms with van der Waals surface area (Å²) in [5, 5.41) is 0. The second-order valence-corrected chi connectivity index (χ2v) is 5.03. The molecule has 2 aromatic rings. The van der Waals surface area contributed by atoms with E-state index in [1.807, 2.05) is 30.3 Å². The lowest BCUT2D eigenvalue weighted by Crippen LogP contribution is -2.02. The predicted molar refractivity (Wildman–Crippen MR) is 90.5 cm³/mol. The molecule has 2 aromatic carbocycles. The van der Waals surface area contributed by atoms with Crippen molar-refractivity contribution >= 4 is 11.9 Å². The molecule has 23 heavy (non-hydrogen) atoms. The van der Waals surface area contributed by atoms with Gasteiger partial charge in [-0.25, -0.2) is 0 Å². The van der Waals surface area contributed by atoms with E-state index in [9.17, 15) is 4.79 Å². The fraction of sp³-hybridized carbons (Fsp3) is 0.211. The maximum absolute atomic E-state index is 12.6. The molecule has 4 heteroatoms. The number of benzene rings is 2. The van der Waals surface area contributed by atoms with Gasteiger partial charge in [0.05, 0.1) is 21.3 Å². The highest BCUT2D eigenvalue weighted by Gasteiger charge is 2.12. The first-order chi connectivity index (χ1) is 11.1. The third-order valence-corrected chi connectivity index (χ3v) is 3.47. The van der Waals surface area contributed by atoms with Crippen molar-refractivity contribution < 1.29 is 19.0 Å². The molecule has 0 spiro atoms. The average Bonchev–Trinajstić information content (AvgIpc) is 2.61. The van der Waals surface area contributed by atoms with Crippen LogP contribution in [-0.4, -0.2) is 27.1 Å². The van der Waals surface area contributed by atoms with Gasteiger partial charge < -0.3 is 14.2 Å². The fourth-order valence-corrected chi connectivity index (χ4v) is 2.18. The number of methoxy groups -OCH3 is 3. The normalized spacial score (nSPS) is 11.0. The Hall–Kier alpha value is -2.75. The zero-order valence-corrected chi connectivity index (χ0v) is 13.8. The molecule has 0 atom stereocenters. The number of Topliss-reactive ketones (excluding diaryl/α,β-unsaturated/α-hetero) is 1. The van der Waals surface area contributed by atoms with Crippen molar-refractivity contribution in [2.45, 2.75) is 6.92 Å². The molecule has 0 radical (unpaired) electrons. The lowest BCUT2D eigenvalue weighted by atomic mass is 10.0. The summed E-state index contributed by atoms with van der Waals surface area (Å²) in [5.41, 5.74) is 2.10. The van der Waals surface area contributed by atoms with E-state index in [0.29, 0.717) is 22.6 Å². The van der Waals surface area contributed by atoms with E-state index in [0.717, 1.165) is 11.3 Å². The van der Waals surface area contributed by atoms with Crippen LogP contribution in [0, 0.1) is 0 Å². The monoisotopic (exact) mass is 312 g/mol. The maximum Gasteiger partial charge on any atom is 0.189 e. The fourth-order valence-electron chi connectivity index (χ4n) is 2.18. The molecule has 2 rings (SSSR count). The quantitative estimate of drug-likeness (QED) is 0.597. The molecular weight excluding hydrogens is 292 g/mol. The Balaban J connectivity index is 2.29. The standard InChI is InChI=1S/C19H20O4/c1-13(9-14-5-7-16(21-2)8-6-14)19(20)15-10-17(22-3)12-18(11-15)23-4/h5-12H,1-4H3. The highest BCUT2D eigenvalue weighted by molar-refractivity contribution is 6.11. The number of ether oxygens (including phenoxy) is 3. The summed E-state index contributed by atoms with van der Waals surface area (Å²) in [4.78, 5) is 12.6. The third-order valence-electron chi connectivity index (χ3n) is 3.47. The molecule has 0 aliphatic carbocycles. The number of ketones is 1.